The first-order chi connectivity index (χ1) is 19.7. The molecular weight excluding hydrogens is 651 g/mol. The fourth-order valence-corrected chi connectivity index (χ4v) is 5.40. The number of rotatable bonds is 8. The Hall–Kier alpha value is -4.22. The van der Waals surface area contributed by atoms with E-state index in [1.807, 2.05) is 59.3 Å². The minimum absolute atomic E-state index is 0.124. The molecule has 0 aliphatic carbocycles. The van der Waals surface area contributed by atoms with Crippen LogP contribution in [0.1, 0.15) is 36.6 Å². The van der Waals surface area contributed by atoms with E-state index in [0.29, 0.717) is 29.0 Å². The Morgan fingerprint density at radius 3 is 1.95 bits per heavy atom. The van der Waals surface area contributed by atoms with E-state index in [1.165, 1.54) is 25.6 Å². The fraction of sp³-hybridized carbons (Fsp3) is 0.0938. The van der Waals surface area contributed by atoms with E-state index < -0.39 is 11.8 Å². The highest BCUT2D eigenvalue weighted by Crippen LogP contribution is 2.29. The van der Waals surface area contributed by atoms with E-state index in [-0.39, 0.29) is 5.78 Å². The minimum Gasteiger partial charge on any atom is -0.496 e. The summed E-state index contributed by atoms with van der Waals surface area (Å²) >= 11 is 3.64. The Bertz CT molecular complexity index is 1730. The number of primary amides is 2. The summed E-state index contributed by atoms with van der Waals surface area (Å²) in [6, 6.07) is 24.7. The molecule has 5 rings (SSSR count). The lowest BCUT2D eigenvalue weighted by atomic mass is 9.97. The number of carbonyl (C=O) groups is 3. The molecule has 0 aliphatic heterocycles. The third kappa shape index (κ3) is 7.30. The molecule has 4 aromatic carbocycles. The van der Waals surface area contributed by atoms with Crippen molar-refractivity contribution >= 4 is 62.3 Å². The molecule has 0 saturated heterocycles. The molecule has 1 heterocycles. The second kappa shape index (κ2) is 13.4. The molecule has 0 spiro atoms. The van der Waals surface area contributed by atoms with Crippen LogP contribution in [0.25, 0.3) is 21.9 Å². The SMILES string of the molecule is COc1ccc(-c2ccc3cc(CC(=O)c4ccsc4)ccc3c2)cc1C(N)=O.COc1ccc(I)cc1C(N)=O. The second-order valence-electron chi connectivity index (χ2n) is 9.00. The van der Waals surface area contributed by atoms with Gasteiger partial charge in [0.25, 0.3) is 11.8 Å². The molecule has 0 saturated carbocycles. The zero-order chi connectivity index (χ0) is 29.5. The molecule has 0 unspecified atom stereocenters. The molecule has 4 N–H and O–H groups in total. The van der Waals surface area contributed by atoms with Gasteiger partial charge in [0.15, 0.2) is 5.78 Å². The van der Waals surface area contributed by atoms with Crippen molar-refractivity contribution < 1.29 is 23.9 Å². The topological polar surface area (TPSA) is 122 Å². The molecule has 208 valence electrons. The number of ketones is 1. The van der Waals surface area contributed by atoms with Gasteiger partial charge in [-0.3, -0.25) is 14.4 Å². The summed E-state index contributed by atoms with van der Waals surface area (Å²) in [6.07, 6.45) is 0.384. The van der Waals surface area contributed by atoms with Gasteiger partial charge in [-0.1, -0.05) is 36.4 Å². The number of methoxy groups -OCH3 is 2. The van der Waals surface area contributed by atoms with Gasteiger partial charge in [0, 0.05) is 20.9 Å². The number of hydrogen-bond donors (Lipinski definition) is 2. The van der Waals surface area contributed by atoms with Crippen molar-refractivity contribution in [3.63, 3.8) is 0 Å². The Balaban J connectivity index is 0.000000271. The van der Waals surface area contributed by atoms with E-state index in [9.17, 15) is 14.4 Å². The van der Waals surface area contributed by atoms with E-state index in [0.717, 1.165) is 36.6 Å². The molecule has 0 fully saturated rings. The van der Waals surface area contributed by atoms with Gasteiger partial charge in [0.05, 0.1) is 25.3 Å². The zero-order valence-electron chi connectivity index (χ0n) is 22.3. The van der Waals surface area contributed by atoms with Crippen LogP contribution in [-0.4, -0.2) is 31.8 Å². The highest BCUT2D eigenvalue weighted by molar-refractivity contribution is 14.1. The predicted octanol–water partition coefficient (Wildman–Crippen LogP) is 6.50. The molecule has 7 nitrogen and oxygen atoms in total. The molecule has 1 aromatic heterocycles. The van der Waals surface area contributed by atoms with Gasteiger partial charge in [-0.15, -0.1) is 0 Å². The number of nitrogens with two attached hydrogens (primary N) is 2. The van der Waals surface area contributed by atoms with Gasteiger partial charge in [-0.05, 0) is 97.9 Å². The van der Waals surface area contributed by atoms with E-state index in [2.05, 4.69) is 28.7 Å². The number of thiophene rings is 1. The van der Waals surface area contributed by atoms with Gasteiger partial charge < -0.3 is 20.9 Å². The summed E-state index contributed by atoms with van der Waals surface area (Å²) in [5.74, 6) is 0.110. The van der Waals surface area contributed by atoms with Gasteiger partial charge in [0.1, 0.15) is 11.5 Å². The van der Waals surface area contributed by atoms with Crippen molar-refractivity contribution in [2.24, 2.45) is 11.5 Å². The molecule has 5 aromatic rings. The number of hydrogen-bond acceptors (Lipinski definition) is 6. The summed E-state index contributed by atoms with van der Waals surface area (Å²) in [4.78, 5) is 34.9. The standard InChI is InChI=1S/C24H19NO3S.C8H8INO2/c1-28-23-7-6-19(13-21(23)24(25)27)18-5-4-16-10-15(2-3-17(16)12-18)11-22(26)20-8-9-29-14-20;1-12-7-3-2-5(9)4-6(7)8(10)11/h2-10,12-14H,11H2,1H3,(H2,25,27);2-4H,1H3,(H2,10,11). The maximum Gasteiger partial charge on any atom is 0.252 e. The largest absolute Gasteiger partial charge is 0.496 e. The van der Waals surface area contributed by atoms with Crippen LogP contribution in [0, 0.1) is 3.57 Å². The molecule has 41 heavy (non-hydrogen) atoms. The maximum atomic E-state index is 12.3. The molecule has 0 radical (unpaired) electrons. The van der Waals surface area contributed by atoms with Gasteiger partial charge >= 0.3 is 0 Å². The summed E-state index contributed by atoms with van der Waals surface area (Å²) in [7, 11) is 3.02. The Morgan fingerprint density at radius 2 is 1.32 bits per heavy atom. The lowest BCUT2D eigenvalue weighted by Crippen LogP contribution is -2.12. The Labute approximate surface area is 255 Å². The lowest BCUT2D eigenvalue weighted by molar-refractivity contribution is 0.0986. The summed E-state index contributed by atoms with van der Waals surface area (Å²) in [5.41, 5.74) is 15.0. The fourth-order valence-electron chi connectivity index (χ4n) is 4.25. The van der Waals surface area contributed by atoms with Crippen LogP contribution in [0.2, 0.25) is 0 Å². The first-order valence-corrected chi connectivity index (χ1v) is 14.4. The number of amides is 2. The van der Waals surface area contributed by atoms with Crippen LogP contribution in [0.15, 0.2) is 89.6 Å². The molecule has 9 heteroatoms. The van der Waals surface area contributed by atoms with Crippen molar-refractivity contribution in [3.8, 4) is 22.6 Å². The molecule has 0 bridgehead atoms. The van der Waals surface area contributed by atoms with Crippen molar-refractivity contribution in [1.29, 1.82) is 0 Å². The van der Waals surface area contributed by atoms with Crippen molar-refractivity contribution in [2.45, 2.75) is 6.42 Å². The zero-order valence-corrected chi connectivity index (χ0v) is 25.3. The number of Topliss-reactive ketones (excluding diaryl/α,β-unsaturated/α-hetero) is 1. The van der Waals surface area contributed by atoms with E-state index in [1.54, 1.807) is 24.3 Å². The van der Waals surface area contributed by atoms with Gasteiger partial charge in [-0.25, -0.2) is 0 Å². The average Bonchev–Trinajstić information content (AvgIpc) is 3.52. The quantitative estimate of drug-likeness (QED) is 0.143. The normalized spacial score (nSPS) is 10.4. The molecule has 0 aliphatic rings. The number of fused-ring (bicyclic) bond motifs is 1. The summed E-state index contributed by atoms with van der Waals surface area (Å²) in [5, 5.41) is 5.92. The summed E-state index contributed by atoms with van der Waals surface area (Å²) < 4.78 is 11.1. The predicted molar refractivity (Wildman–Crippen MR) is 171 cm³/mol. The minimum atomic E-state index is -0.524. The first-order valence-electron chi connectivity index (χ1n) is 12.4. The lowest BCUT2D eigenvalue weighted by Gasteiger charge is -2.10. The van der Waals surface area contributed by atoms with Crippen molar-refractivity contribution in [2.75, 3.05) is 14.2 Å². The van der Waals surface area contributed by atoms with Crippen LogP contribution in [0.3, 0.4) is 0 Å². The first kappa shape index (κ1) is 29.8. The number of ether oxygens (including phenoxy) is 2. The molecule has 2 amide bonds. The highest BCUT2D eigenvalue weighted by atomic mass is 127. The molecular formula is C32H27IN2O5S. The summed E-state index contributed by atoms with van der Waals surface area (Å²) in [6.45, 7) is 0. The van der Waals surface area contributed by atoms with Gasteiger partial charge in [-0.2, -0.15) is 11.3 Å². The second-order valence-corrected chi connectivity index (χ2v) is 11.0. The number of carbonyl (C=O) groups excluding carboxylic acids is 3. The van der Waals surface area contributed by atoms with Crippen LogP contribution in [-0.2, 0) is 6.42 Å². The smallest absolute Gasteiger partial charge is 0.252 e. The van der Waals surface area contributed by atoms with E-state index in [4.69, 9.17) is 20.9 Å². The highest BCUT2D eigenvalue weighted by Gasteiger charge is 2.12. The Morgan fingerprint density at radius 1 is 0.732 bits per heavy atom. The van der Waals surface area contributed by atoms with Crippen LogP contribution in [0.4, 0.5) is 0 Å². The number of halogens is 1. The third-order valence-corrected chi connectivity index (χ3v) is 7.69. The van der Waals surface area contributed by atoms with Crippen LogP contribution >= 0.6 is 33.9 Å². The maximum absolute atomic E-state index is 12.3. The Kier molecular flexibility index (Phi) is 9.74. The monoisotopic (exact) mass is 678 g/mol. The number of benzene rings is 4. The van der Waals surface area contributed by atoms with Crippen LogP contribution < -0.4 is 20.9 Å². The van der Waals surface area contributed by atoms with Gasteiger partial charge in [0.2, 0.25) is 0 Å². The third-order valence-electron chi connectivity index (χ3n) is 6.34. The van der Waals surface area contributed by atoms with Crippen molar-refractivity contribution in [1.82, 2.24) is 0 Å². The van der Waals surface area contributed by atoms with E-state index >= 15 is 0 Å². The average molecular weight is 679 g/mol. The van der Waals surface area contributed by atoms with Crippen LogP contribution in [0.5, 0.6) is 11.5 Å². The van der Waals surface area contributed by atoms with Crippen molar-refractivity contribution in [3.05, 3.63) is 115 Å². The molecule has 0 atom stereocenters.